The third kappa shape index (κ3) is 4.06. The van der Waals surface area contributed by atoms with E-state index in [9.17, 15) is 8.78 Å². The Morgan fingerprint density at radius 2 is 2.00 bits per heavy atom. The zero-order chi connectivity index (χ0) is 12.9. The van der Waals surface area contributed by atoms with Crippen molar-refractivity contribution in [2.75, 3.05) is 19.7 Å². The van der Waals surface area contributed by atoms with Gasteiger partial charge in [0.1, 0.15) is 11.6 Å². The first-order valence-corrected chi connectivity index (χ1v) is 5.74. The molecule has 4 heteroatoms. The maximum atomic E-state index is 13.6. The average Bonchev–Trinajstić information content (AvgIpc) is 2.28. The van der Waals surface area contributed by atoms with Gasteiger partial charge in [0.15, 0.2) is 0 Å². The first-order valence-electron chi connectivity index (χ1n) is 5.74. The predicted octanol–water partition coefficient (Wildman–Crippen LogP) is 2.21. The van der Waals surface area contributed by atoms with E-state index in [1.165, 1.54) is 6.07 Å². The minimum Gasteiger partial charge on any atom is -0.396 e. The van der Waals surface area contributed by atoms with Crippen LogP contribution in [0.4, 0.5) is 8.78 Å². The Balaban J connectivity index is 2.71. The summed E-state index contributed by atoms with van der Waals surface area (Å²) in [5.41, 5.74) is -0.115. The Hall–Kier alpha value is -1.00. The van der Waals surface area contributed by atoms with Gasteiger partial charge in [-0.05, 0) is 36.7 Å². The maximum Gasteiger partial charge on any atom is 0.127 e. The molecule has 96 valence electrons. The molecule has 0 saturated heterocycles. The lowest BCUT2D eigenvalue weighted by Crippen LogP contribution is -2.34. The number of aliphatic hydroxyl groups excluding tert-OH is 1. The first-order chi connectivity index (χ1) is 7.97. The topological polar surface area (TPSA) is 32.3 Å². The Labute approximate surface area is 101 Å². The van der Waals surface area contributed by atoms with E-state index in [2.05, 4.69) is 5.32 Å². The summed E-state index contributed by atoms with van der Waals surface area (Å²) in [6.07, 6.45) is 0.654. The summed E-state index contributed by atoms with van der Waals surface area (Å²) in [7, 11) is 0. The number of nitrogens with one attached hydrogen (secondary N) is 1. The molecule has 0 fully saturated rings. The Bertz CT molecular complexity index is 366. The van der Waals surface area contributed by atoms with Gasteiger partial charge in [0.25, 0.3) is 0 Å². The highest BCUT2D eigenvalue weighted by atomic mass is 19.1. The third-order valence-corrected chi connectivity index (χ3v) is 2.74. The van der Waals surface area contributed by atoms with Crippen molar-refractivity contribution in [3.8, 4) is 0 Å². The van der Waals surface area contributed by atoms with Gasteiger partial charge in [-0.2, -0.15) is 0 Å². The zero-order valence-corrected chi connectivity index (χ0v) is 10.3. The van der Waals surface area contributed by atoms with Gasteiger partial charge < -0.3 is 10.4 Å². The van der Waals surface area contributed by atoms with Crippen LogP contribution in [0.2, 0.25) is 0 Å². The minimum absolute atomic E-state index is 0.127. The molecule has 0 unspecified atom stereocenters. The van der Waals surface area contributed by atoms with Crippen molar-refractivity contribution in [1.29, 1.82) is 0 Å². The van der Waals surface area contributed by atoms with Crippen LogP contribution in [0.15, 0.2) is 18.2 Å². The molecule has 2 N–H and O–H groups in total. The molecule has 0 heterocycles. The second-order valence-electron chi connectivity index (χ2n) is 4.76. The number of hydrogen-bond donors (Lipinski definition) is 2. The highest BCUT2D eigenvalue weighted by Crippen LogP contribution is 2.25. The summed E-state index contributed by atoms with van der Waals surface area (Å²) in [6.45, 7) is 5.04. The van der Waals surface area contributed by atoms with E-state index in [1.807, 2.05) is 13.8 Å². The van der Waals surface area contributed by atoms with Crippen LogP contribution in [0, 0.1) is 11.6 Å². The second-order valence-corrected chi connectivity index (χ2v) is 4.76. The van der Waals surface area contributed by atoms with E-state index >= 15 is 0 Å². The van der Waals surface area contributed by atoms with E-state index in [-0.39, 0.29) is 12.4 Å². The van der Waals surface area contributed by atoms with Crippen LogP contribution in [0.1, 0.15) is 25.8 Å². The molecule has 2 nitrogen and oxygen atoms in total. The van der Waals surface area contributed by atoms with Crippen molar-refractivity contribution >= 4 is 0 Å². The van der Waals surface area contributed by atoms with Crippen molar-refractivity contribution in [3.63, 3.8) is 0 Å². The molecule has 1 rings (SSSR count). The molecule has 0 radical (unpaired) electrons. The van der Waals surface area contributed by atoms with Crippen LogP contribution in [-0.2, 0) is 5.41 Å². The standard InChI is InChI=1S/C13H19F2NO/c1-13(2,9-16-6-3-7-17)11-8-10(14)4-5-12(11)15/h4-5,8,16-17H,3,6-7,9H2,1-2H3. The number of aliphatic hydroxyl groups is 1. The van der Waals surface area contributed by atoms with Gasteiger partial charge in [0.2, 0.25) is 0 Å². The van der Waals surface area contributed by atoms with Crippen LogP contribution in [0.25, 0.3) is 0 Å². The average molecular weight is 243 g/mol. The number of halogens is 2. The zero-order valence-electron chi connectivity index (χ0n) is 10.3. The van der Waals surface area contributed by atoms with Gasteiger partial charge in [-0.25, -0.2) is 8.78 Å². The molecule has 0 spiro atoms. The molecule has 1 aromatic carbocycles. The fraction of sp³-hybridized carbons (Fsp3) is 0.538. The van der Waals surface area contributed by atoms with Crippen LogP contribution in [0.5, 0.6) is 0 Å². The highest BCUT2D eigenvalue weighted by Gasteiger charge is 2.24. The number of rotatable bonds is 6. The van der Waals surface area contributed by atoms with Gasteiger partial charge in [0.05, 0.1) is 0 Å². The van der Waals surface area contributed by atoms with Gasteiger partial charge in [-0.15, -0.1) is 0 Å². The lowest BCUT2D eigenvalue weighted by atomic mass is 9.84. The third-order valence-electron chi connectivity index (χ3n) is 2.74. The van der Waals surface area contributed by atoms with Gasteiger partial charge in [-0.3, -0.25) is 0 Å². The predicted molar refractivity (Wildman–Crippen MR) is 64.0 cm³/mol. The second kappa shape index (κ2) is 6.07. The van der Waals surface area contributed by atoms with Gasteiger partial charge in [-0.1, -0.05) is 13.8 Å². The summed E-state index contributed by atoms with van der Waals surface area (Å²) in [5.74, 6) is -0.815. The van der Waals surface area contributed by atoms with E-state index in [0.29, 0.717) is 25.1 Å². The molecule has 0 aliphatic heterocycles. The fourth-order valence-corrected chi connectivity index (χ4v) is 1.72. The molecule has 17 heavy (non-hydrogen) atoms. The molecule has 1 aromatic rings. The molecule has 0 atom stereocenters. The molecule has 0 saturated carbocycles. The summed E-state index contributed by atoms with van der Waals surface area (Å²) < 4.78 is 26.7. The number of benzene rings is 1. The SMILES string of the molecule is CC(C)(CNCCCO)c1cc(F)ccc1F. The fourth-order valence-electron chi connectivity index (χ4n) is 1.72. The lowest BCUT2D eigenvalue weighted by molar-refractivity contribution is 0.283. The van der Waals surface area contributed by atoms with Crippen LogP contribution < -0.4 is 5.32 Å². The molecular weight excluding hydrogens is 224 g/mol. The molecule has 0 amide bonds. The summed E-state index contributed by atoms with van der Waals surface area (Å²) >= 11 is 0. The minimum atomic E-state index is -0.484. The van der Waals surface area contributed by atoms with Crippen molar-refractivity contribution in [3.05, 3.63) is 35.4 Å². The Kier molecular flexibility index (Phi) is 5.02. The molecule has 0 bridgehead atoms. The van der Waals surface area contributed by atoms with E-state index in [4.69, 9.17) is 5.11 Å². The smallest absolute Gasteiger partial charge is 0.127 e. The molecule has 0 aliphatic rings. The highest BCUT2D eigenvalue weighted by molar-refractivity contribution is 5.26. The summed E-state index contributed by atoms with van der Waals surface area (Å²) in [5, 5.41) is 11.8. The quantitative estimate of drug-likeness (QED) is 0.751. The lowest BCUT2D eigenvalue weighted by Gasteiger charge is -2.26. The normalized spacial score (nSPS) is 11.8. The van der Waals surface area contributed by atoms with Crippen molar-refractivity contribution in [2.24, 2.45) is 0 Å². The van der Waals surface area contributed by atoms with Crippen LogP contribution in [-0.4, -0.2) is 24.8 Å². The Morgan fingerprint density at radius 3 is 2.65 bits per heavy atom. The van der Waals surface area contributed by atoms with E-state index in [0.717, 1.165) is 12.1 Å². The monoisotopic (exact) mass is 243 g/mol. The summed E-state index contributed by atoms with van der Waals surface area (Å²) in [6, 6.07) is 3.51. The molecular formula is C13H19F2NO. The largest absolute Gasteiger partial charge is 0.396 e. The van der Waals surface area contributed by atoms with Gasteiger partial charge in [0, 0.05) is 18.6 Å². The first kappa shape index (κ1) is 14.1. The van der Waals surface area contributed by atoms with Crippen molar-refractivity contribution in [2.45, 2.75) is 25.7 Å². The van der Waals surface area contributed by atoms with Crippen molar-refractivity contribution in [1.82, 2.24) is 5.32 Å². The van der Waals surface area contributed by atoms with Crippen LogP contribution in [0.3, 0.4) is 0 Å². The van der Waals surface area contributed by atoms with Gasteiger partial charge >= 0.3 is 0 Å². The molecule has 0 aromatic heterocycles. The summed E-state index contributed by atoms with van der Waals surface area (Å²) in [4.78, 5) is 0. The molecule has 0 aliphatic carbocycles. The van der Waals surface area contributed by atoms with E-state index < -0.39 is 11.2 Å². The van der Waals surface area contributed by atoms with E-state index in [1.54, 1.807) is 0 Å². The van der Waals surface area contributed by atoms with Crippen LogP contribution >= 0.6 is 0 Å². The van der Waals surface area contributed by atoms with Crippen molar-refractivity contribution < 1.29 is 13.9 Å². The maximum absolute atomic E-state index is 13.6. The Morgan fingerprint density at radius 1 is 1.29 bits per heavy atom. The number of hydrogen-bond acceptors (Lipinski definition) is 2.